The van der Waals surface area contributed by atoms with Gasteiger partial charge in [0.05, 0.1) is 18.4 Å². The summed E-state index contributed by atoms with van der Waals surface area (Å²) in [5.74, 6) is -0.628. The molecule has 1 heterocycles. The lowest BCUT2D eigenvalue weighted by atomic mass is 9.94. The van der Waals surface area contributed by atoms with Crippen LogP contribution < -0.4 is 10.2 Å². The quantitative estimate of drug-likeness (QED) is 0.413. The molecule has 1 saturated heterocycles. The lowest BCUT2D eigenvalue weighted by Crippen LogP contribution is -2.41. The average Bonchev–Trinajstić information content (AvgIpc) is 2.70. The normalized spacial score (nSPS) is 16.4. The molecular weight excluding hydrogens is 370 g/mol. The van der Waals surface area contributed by atoms with Gasteiger partial charge in [-0.15, -0.1) is 0 Å². The third-order valence-corrected chi connectivity index (χ3v) is 5.29. The summed E-state index contributed by atoms with van der Waals surface area (Å²) in [7, 11) is 0. The Kier molecular flexibility index (Phi) is 6.49. The van der Waals surface area contributed by atoms with E-state index in [4.69, 9.17) is 5.11 Å². The molecule has 29 heavy (non-hydrogen) atoms. The minimum atomic E-state index is -1.36. The molecule has 1 amide bonds. The molecule has 7 nitrogen and oxygen atoms in total. The van der Waals surface area contributed by atoms with E-state index in [2.05, 4.69) is 10.2 Å². The number of amides is 1. The summed E-state index contributed by atoms with van der Waals surface area (Å²) in [4.78, 5) is 14.8. The molecule has 1 fully saturated rings. The van der Waals surface area contributed by atoms with Gasteiger partial charge in [-0.3, -0.25) is 4.79 Å². The lowest BCUT2D eigenvalue weighted by Gasteiger charge is -2.36. The van der Waals surface area contributed by atoms with Gasteiger partial charge >= 0.3 is 0 Å². The van der Waals surface area contributed by atoms with Gasteiger partial charge in [-0.2, -0.15) is 5.26 Å². The van der Waals surface area contributed by atoms with E-state index in [9.17, 15) is 20.3 Å². The zero-order chi connectivity index (χ0) is 21.0. The molecule has 2 unspecified atom stereocenters. The van der Waals surface area contributed by atoms with Gasteiger partial charge in [0.15, 0.2) is 0 Å². The maximum atomic E-state index is 12.6. The first-order valence-electron chi connectivity index (χ1n) is 9.61. The highest BCUT2D eigenvalue weighted by Crippen LogP contribution is 2.38. The molecule has 4 N–H and O–H groups in total. The first kappa shape index (κ1) is 20.8. The molecule has 0 bridgehead atoms. The largest absolute Gasteiger partial charge is 0.394 e. The first-order chi connectivity index (χ1) is 14.0. The summed E-state index contributed by atoms with van der Waals surface area (Å²) in [5, 5.41) is 42.3. The zero-order valence-corrected chi connectivity index (χ0v) is 16.3. The Morgan fingerprint density at radius 2 is 1.93 bits per heavy atom. The number of nitrogens with one attached hydrogen (secondary N) is 1. The van der Waals surface area contributed by atoms with Crippen LogP contribution in [0.1, 0.15) is 18.9 Å². The maximum absolute atomic E-state index is 12.6. The molecule has 0 spiro atoms. The van der Waals surface area contributed by atoms with Crippen molar-refractivity contribution in [2.45, 2.75) is 25.6 Å². The van der Waals surface area contributed by atoms with Gasteiger partial charge in [0, 0.05) is 30.6 Å². The predicted molar refractivity (Wildman–Crippen MR) is 111 cm³/mol. The fraction of sp³-hybridized carbons (Fsp3) is 0.364. The number of hydrogen-bond donors (Lipinski definition) is 4. The van der Waals surface area contributed by atoms with Crippen LogP contribution in [0.2, 0.25) is 0 Å². The van der Waals surface area contributed by atoms with E-state index in [1.807, 2.05) is 42.5 Å². The van der Waals surface area contributed by atoms with Crippen molar-refractivity contribution >= 4 is 27.9 Å². The maximum Gasteiger partial charge on any atom is 0.262 e. The van der Waals surface area contributed by atoms with Crippen LogP contribution >= 0.6 is 0 Å². The van der Waals surface area contributed by atoms with Crippen LogP contribution in [0, 0.1) is 11.3 Å². The zero-order valence-electron chi connectivity index (χ0n) is 16.3. The van der Waals surface area contributed by atoms with Crippen LogP contribution in [-0.4, -0.2) is 59.7 Å². The van der Waals surface area contributed by atoms with Crippen molar-refractivity contribution in [2.24, 2.45) is 0 Å². The Bertz CT molecular complexity index is 976. The Morgan fingerprint density at radius 1 is 1.21 bits per heavy atom. The fourth-order valence-electron chi connectivity index (χ4n) is 3.42. The number of carbonyl (C=O) groups excluding carboxylic acids is 1. The molecule has 3 rings (SSSR count). The second kappa shape index (κ2) is 9.05. The summed E-state index contributed by atoms with van der Waals surface area (Å²) in [6.45, 7) is 2.70. The van der Waals surface area contributed by atoms with Crippen molar-refractivity contribution < 1.29 is 20.1 Å². The Morgan fingerprint density at radius 3 is 2.55 bits per heavy atom. The number of carbonyl (C=O) groups is 1. The topological polar surface area (TPSA) is 117 Å². The second-order valence-corrected chi connectivity index (χ2v) is 7.16. The number of nitriles is 1. The van der Waals surface area contributed by atoms with Crippen LogP contribution in [0.5, 0.6) is 0 Å². The third kappa shape index (κ3) is 4.25. The van der Waals surface area contributed by atoms with Gasteiger partial charge in [-0.25, -0.2) is 0 Å². The number of rotatable bonds is 7. The summed E-state index contributed by atoms with van der Waals surface area (Å²) in [6.07, 6.45) is -1.58. The van der Waals surface area contributed by atoms with Crippen LogP contribution in [0.3, 0.4) is 0 Å². The highest BCUT2D eigenvalue weighted by atomic mass is 16.4. The number of aliphatic hydroxyl groups excluding tert-OH is 3. The monoisotopic (exact) mass is 395 g/mol. The minimum absolute atomic E-state index is 0.0484. The molecule has 0 radical (unpaired) electrons. The number of aliphatic hydroxyl groups is 3. The molecule has 1 aliphatic heterocycles. The highest BCUT2D eigenvalue weighted by molar-refractivity contribution is 6.08. The Balaban J connectivity index is 1.97. The lowest BCUT2D eigenvalue weighted by molar-refractivity contribution is -0.118. The fourth-order valence-corrected chi connectivity index (χ4v) is 3.42. The van der Waals surface area contributed by atoms with Crippen LogP contribution in [0.25, 0.3) is 16.3 Å². The molecule has 0 aliphatic carbocycles. The minimum Gasteiger partial charge on any atom is -0.394 e. The van der Waals surface area contributed by atoms with Crippen molar-refractivity contribution in [1.82, 2.24) is 5.32 Å². The third-order valence-electron chi connectivity index (χ3n) is 5.29. The molecule has 1 aliphatic rings. The molecule has 2 aromatic carbocycles. The number of anilines is 1. The second-order valence-electron chi connectivity index (χ2n) is 7.16. The first-order valence-corrected chi connectivity index (χ1v) is 9.61. The standard InChI is InChI=1S/C22H25N3O4/c1-14(18(11-23)22(29)24-12-19(27)20(28)13-26)16-8-7-15-5-2-3-6-17(15)21(16)25-9-4-10-25/h2-3,5-8,19-20,26-28H,4,9-10,12-13H2,1H3,(H,24,29)/b18-14+. The summed E-state index contributed by atoms with van der Waals surface area (Å²) in [5.41, 5.74) is 2.34. The predicted octanol–water partition coefficient (Wildman–Crippen LogP) is 1.18. The number of allylic oxidation sites excluding steroid dienone is 1. The highest BCUT2D eigenvalue weighted by Gasteiger charge is 2.24. The number of hydrogen-bond acceptors (Lipinski definition) is 6. The van der Waals surface area contributed by atoms with E-state index in [0.29, 0.717) is 5.57 Å². The van der Waals surface area contributed by atoms with Gasteiger partial charge in [0.1, 0.15) is 17.7 Å². The molecule has 2 atom stereocenters. The van der Waals surface area contributed by atoms with Crippen molar-refractivity contribution in [3.05, 3.63) is 47.5 Å². The van der Waals surface area contributed by atoms with E-state index < -0.39 is 24.7 Å². The van der Waals surface area contributed by atoms with Crippen molar-refractivity contribution in [3.8, 4) is 6.07 Å². The Labute approximate surface area is 169 Å². The Hall–Kier alpha value is -2.92. The molecule has 152 valence electrons. The summed E-state index contributed by atoms with van der Waals surface area (Å²) < 4.78 is 0. The smallest absolute Gasteiger partial charge is 0.262 e. The van der Waals surface area contributed by atoms with Crippen LogP contribution in [0.15, 0.2) is 42.0 Å². The number of nitrogens with zero attached hydrogens (tertiary/aromatic N) is 2. The van der Waals surface area contributed by atoms with E-state index in [0.717, 1.165) is 41.5 Å². The number of benzene rings is 2. The number of fused-ring (bicyclic) bond motifs is 1. The van der Waals surface area contributed by atoms with Crippen LogP contribution in [-0.2, 0) is 4.79 Å². The molecular formula is C22H25N3O4. The summed E-state index contributed by atoms with van der Waals surface area (Å²) >= 11 is 0. The van der Waals surface area contributed by atoms with E-state index in [1.165, 1.54) is 0 Å². The molecule has 2 aromatic rings. The van der Waals surface area contributed by atoms with Crippen LogP contribution in [0.4, 0.5) is 5.69 Å². The van der Waals surface area contributed by atoms with E-state index >= 15 is 0 Å². The van der Waals surface area contributed by atoms with Crippen molar-refractivity contribution in [3.63, 3.8) is 0 Å². The van der Waals surface area contributed by atoms with E-state index in [-0.39, 0.29) is 12.1 Å². The van der Waals surface area contributed by atoms with Crippen molar-refractivity contribution in [1.29, 1.82) is 5.26 Å². The van der Waals surface area contributed by atoms with Gasteiger partial charge in [-0.1, -0.05) is 36.4 Å². The van der Waals surface area contributed by atoms with E-state index in [1.54, 1.807) is 6.92 Å². The average molecular weight is 395 g/mol. The van der Waals surface area contributed by atoms with Gasteiger partial charge in [-0.05, 0) is 24.3 Å². The van der Waals surface area contributed by atoms with Gasteiger partial charge in [0.25, 0.3) is 5.91 Å². The molecule has 7 heteroatoms. The molecule has 0 saturated carbocycles. The van der Waals surface area contributed by atoms with Gasteiger partial charge < -0.3 is 25.5 Å². The van der Waals surface area contributed by atoms with Gasteiger partial charge in [0.2, 0.25) is 0 Å². The molecule has 0 aromatic heterocycles. The van der Waals surface area contributed by atoms with Crippen molar-refractivity contribution in [2.75, 3.05) is 31.1 Å². The summed E-state index contributed by atoms with van der Waals surface area (Å²) in [6, 6.07) is 13.9. The SMILES string of the molecule is C/C(=C(/C#N)C(=O)NCC(O)C(O)CO)c1ccc2ccccc2c1N1CCC1.